The van der Waals surface area contributed by atoms with Crippen molar-refractivity contribution in [2.24, 2.45) is 11.3 Å². The Labute approximate surface area is 145 Å². The van der Waals surface area contributed by atoms with Crippen LogP contribution in [-0.2, 0) is 9.16 Å². The van der Waals surface area contributed by atoms with Gasteiger partial charge >= 0.3 is 6.03 Å². The molecule has 2 atom stereocenters. The molecule has 0 aromatic heterocycles. The zero-order valence-corrected chi connectivity index (χ0v) is 16.5. The van der Waals surface area contributed by atoms with E-state index in [-0.39, 0.29) is 28.7 Å². The number of hydrogen-bond donors (Lipinski definition) is 4. The zero-order valence-electron chi connectivity index (χ0n) is 15.5. The fourth-order valence-corrected chi connectivity index (χ4v) is 3.80. The summed E-state index contributed by atoms with van der Waals surface area (Å²) in [6, 6.07) is -0.529. The largest absolute Gasteiger partial charge is 0.416 e. The van der Waals surface area contributed by atoms with E-state index in [4.69, 9.17) is 20.0 Å². The van der Waals surface area contributed by atoms with Crippen LogP contribution < -0.4 is 10.6 Å². The molecule has 2 aliphatic heterocycles. The van der Waals surface area contributed by atoms with Crippen molar-refractivity contribution in [2.45, 2.75) is 58.4 Å². The van der Waals surface area contributed by atoms with Crippen molar-refractivity contribution in [3.8, 4) is 0 Å². The molecule has 4 N–H and O–H groups in total. The number of carbonyl (C=O) groups excluding carboxylic acids is 1. The molecule has 0 aliphatic carbocycles. The van der Waals surface area contributed by atoms with E-state index in [1.807, 2.05) is 0 Å². The molecular weight excluding hydrogens is 324 g/mol. The minimum atomic E-state index is -1.80. The van der Waals surface area contributed by atoms with E-state index >= 15 is 0 Å². The summed E-state index contributed by atoms with van der Waals surface area (Å²) >= 11 is 0. The smallest absolute Gasteiger partial charge is 0.325 e. The predicted octanol–water partition coefficient (Wildman–Crippen LogP) is 2.69. The summed E-state index contributed by atoms with van der Waals surface area (Å²) in [4.78, 5) is 11.4. The Balaban J connectivity index is 1.99. The van der Waals surface area contributed by atoms with Gasteiger partial charge in [-0.25, -0.2) is 4.79 Å². The van der Waals surface area contributed by atoms with Crippen molar-refractivity contribution >= 4 is 26.0 Å². The lowest BCUT2D eigenvalue weighted by Gasteiger charge is -2.39. The van der Waals surface area contributed by atoms with Crippen LogP contribution in [0.4, 0.5) is 4.79 Å². The molecule has 2 fully saturated rings. The molecule has 0 radical (unpaired) electrons. The molecule has 0 aromatic carbocycles. The van der Waals surface area contributed by atoms with Crippen molar-refractivity contribution in [1.82, 2.24) is 10.6 Å². The van der Waals surface area contributed by atoms with E-state index in [2.05, 4.69) is 44.5 Å². The van der Waals surface area contributed by atoms with Crippen molar-refractivity contribution in [1.29, 1.82) is 10.8 Å². The molecule has 2 saturated heterocycles. The van der Waals surface area contributed by atoms with E-state index in [0.29, 0.717) is 19.6 Å². The van der Waals surface area contributed by atoms with Crippen LogP contribution >= 0.6 is 0 Å². The van der Waals surface area contributed by atoms with Gasteiger partial charge in [-0.3, -0.25) is 21.5 Å². The fourth-order valence-electron chi connectivity index (χ4n) is 2.72. The molecule has 2 rings (SSSR count). The van der Waals surface area contributed by atoms with Crippen LogP contribution in [0.2, 0.25) is 18.1 Å². The molecule has 0 bridgehead atoms. The third kappa shape index (κ3) is 3.40. The molecular formula is C16H30N4O3Si. The lowest BCUT2D eigenvalue weighted by Crippen LogP contribution is -2.64. The average molecular weight is 355 g/mol. The molecule has 0 aromatic rings. The first kappa shape index (κ1) is 19.1. The van der Waals surface area contributed by atoms with Gasteiger partial charge in [-0.2, -0.15) is 0 Å². The summed E-state index contributed by atoms with van der Waals surface area (Å²) in [5.41, 5.74) is -0.945. The van der Waals surface area contributed by atoms with E-state index < -0.39 is 19.8 Å². The molecule has 136 valence electrons. The van der Waals surface area contributed by atoms with Crippen LogP contribution in [0.5, 0.6) is 0 Å². The third-order valence-electron chi connectivity index (χ3n) is 5.73. The Hall–Kier alpha value is -1.25. The van der Waals surface area contributed by atoms with Gasteiger partial charge in [-0.1, -0.05) is 20.8 Å². The summed E-state index contributed by atoms with van der Waals surface area (Å²) in [6.07, 6.45) is 0.409. The monoisotopic (exact) mass is 354 g/mol. The van der Waals surface area contributed by atoms with Gasteiger partial charge < -0.3 is 9.16 Å². The summed E-state index contributed by atoms with van der Waals surface area (Å²) in [7, 11) is -1.80. The molecule has 2 unspecified atom stereocenters. The topological polar surface area (TPSA) is 107 Å². The van der Waals surface area contributed by atoms with Crippen LogP contribution in [0.25, 0.3) is 0 Å². The first-order valence-corrected chi connectivity index (χ1v) is 11.3. The Morgan fingerprint density at radius 1 is 1.29 bits per heavy atom. The lowest BCUT2D eigenvalue weighted by molar-refractivity contribution is 0.0632. The number of nitrogens with one attached hydrogen (secondary N) is 4. The quantitative estimate of drug-likeness (QED) is 0.583. The minimum absolute atomic E-state index is 0.0206. The summed E-state index contributed by atoms with van der Waals surface area (Å²) in [6.45, 7) is 14.1. The molecule has 8 heteroatoms. The average Bonchev–Trinajstić information content (AvgIpc) is 2.90. The second-order valence-corrected chi connectivity index (χ2v) is 13.3. The highest BCUT2D eigenvalue weighted by Gasteiger charge is 2.50. The van der Waals surface area contributed by atoms with Gasteiger partial charge in [0, 0.05) is 12.5 Å². The maximum Gasteiger partial charge on any atom is 0.325 e. The molecule has 0 spiro atoms. The zero-order chi connectivity index (χ0) is 18.3. The van der Waals surface area contributed by atoms with Gasteiger partial charge in [0.15, 0.2) is 8.32 Å². The highest BCUT2D eigenvalue weighted by atomic mass is 28.4. The molecule has 2 amide bonds. The van der Waals surface area contributed by atoms with Crippen molar-refractivity contribution < 1.29 is 14.0 Å². The number of rotatable bonds is 4. The Kier molecular flexibility index (Phi) is 4.96. The number of amides is 2. The van der Waals surface area contributed by atoms with Crippen LogP contribution in [0.3, 0.4) is 0 Å². The maximum atomic E-state index is 11.4. The van der Waals surface area contributed by atoms with E-state index in [9.17, 15) is 4.79 Å². The van der Waals surface area contributed by atoms with Crippen LogP contribution in [-0.4, -0.2) is 45.3 Å². The molecule has 0 saturated carbocycles. The molecule has 24 heavy (non-hydrogen) atoms. The number of urea groups is 1. The van der Waals surface area contributed by atoms with Gasteiger partial charge in [0.2, 0.25) is 0 Å². The third-order valence-corrected chi connectivity index (χ3v) is 10.2. The molecule has 7 nitrogen and oxygen atoms in total. The standard InChI is InChI=1S/C16H30N4O3Si/c1-15(2,3)24(5,6)23-9-10-7-11(22-8-10)16(4)12(17)19-14(21)20-13(16)18/h10-11H,7-9H2,1-6H3,(H4,17,18,19,20,21). The maximum absolute atomic E-state index is 11.4. The second-order valence-electron chi connectivity index (χ2n) is 8.53. The van der Waals surface area contributed by atoms with Crippen molar-refractivity contribution in [3.63, 3.8) is 0 Å². The van der Waals surface area contributed by atoms with E-state index in [1.54, 1.807) is 6.92 Å². The number of hydrogen-bond acceptors (Lipinski definition) is 5. The number of ether oxygens (including phenoxy) is 1. The van der Waals surface area contributed by atoms with Crippen LogP contribution in [0.1, 0.15) is 34.1 Å². The predicted molar refractivity (Wildman–Crippen MR) is 96.2 cm³/mol. The molecule has 2 aliphatic rings. The lowest BCUT2D eigenvalue weighted by atomic mass is 9.78. The fraction of sp³-hybridized carbons (Fsp3) is 0.812. The Bertz CT molecular complexity index is 536. The first-order valence-electron chi connectivity index (χ1n) is 8.39. The highest BCUT2D eigenvalue weighted by Crippen LogP contribution is 2.39. The first-order chi connectivity index (χ1) is 10.9. The van der Waals surface area contributed by atoms with Gasteiger partial charge in [-0.05, 0) is 31.5 Å². The second kappa shape index (κ2) is 6.23. The number of carbonyl (C=O) groups is 1. The Morgan fingerprint density at radius 2 is 1.83 bits per heavy atom. The van der Waals surface area contributed by atoms with Crippen molar-refractivity contribution in [2.75, 3.05) is 13.2 Å². The summed E-state index contributed by atoms with van der Waals surface area (Å²) in [5.74, 6) is 0.290. The van der Waals surface area contributed by atoms with Gasteiger partial charge in [0.25, 0.3) is 0 Å². The summed E-state index contributed by atoms with van der Waals surface area (Å²) in [5, 5.41) is 21.3. The van der Waals surface area contributed by atoms with E-state index in [0.717, 1.165) is 0 Å². The number of amidine groups is 2. The van der Waals surface area contributed by atoms with Gasteiger partial charge in [0.05, 0.1) is 12.7 Å². The summed E-state index contributed by atoms with van der Waals surface area (Å²) < 4.78 is 12.2. The van der Waals surface area contributed by atoms with Crippen molar-refractivity contribution in [3.05, 3.63) is 0 Å². The van der Waals surface area contributed by atoms with Gasteiger partial charge in [-0.15, -0.1) is 0 Å². The van der Waals surface area contributed by atoms with E-state index in [1.165, 1.54) is 0 Å². The van der Waals surface area contributed by atoms with Crippen LogP contribution in [0, 0.1) is 22.2 Å². The van der Waals surface area contributed by atoms with Crippen LogP contribution in [0.15, 0.2) is 0 Å². The molecule has 2 heterocycles. The van der Waals surface area contributed by atoms with Gasteiger partial charge in [0.1, 0.15) is 17.1 Å². The SMILES string of the molecule is CC1(C2CC(CO[Si](C)(C)C(C)(C)C)CO2)C(=N)NC(=O)NC1=N. The Morgan fingerprint density at radius 3 is 2.33 bits per heavy atom. The minimum Gasteiger partial charge on any atom is -0.416 e. The normalized spacial score (nSPS) is 31.8. The highest BCUT2D eigenvalue weighted by molar-refractivity contribution is 6.74.